The van der Waals surface area contributed by atoms with Crippen LogP contribution in [0, 0.1) is 0 Å². The summed E-state index contributed by atoms with van der Waals surface area (Å²) in [5.41, 5.74) is 6.56. The lowest BCUT2D eigenvalue weighted by atomic mass is 10.2. The van der Waals surface area contributed by atoms with Crippen LogP contribution in [-0.2, 0) is 18.4 Å². The fraction of sp³-hybridized carbons (Fsp3) is 0.214. The Balaban J connectivity index is 2.16. The van der Waals surface area contributed by atoms with Gasteiger partial charge in [0, 0.05) is 32.1 Å². The van der Waals surface area contributed by atoms with E-state index in [0.717, 1.165) is 0 Å². The average Bonchev–Trinajstić information content (AvgIpc) is 2.79. The molecule has 3 N–H and O–H groups in total. The molecule has 0 fully saturated rings. The van der Waals surface area contributed by atoms with Gasteiger partial charge in [0.05, 0.1) is 5.69 Å². The zero-order chi connectivity index (χ0) is 15.4. The van der Waals surface area contributed by atoms with E-state index in [1.165, 1.54) is 17.7 Å². The van der Waals surface area contributed by atoms with Crippen molar-refractivity contribution in [2.45, 2.75) is 13.5 Å². The lowest BCUT2D eigenvalue weighted by Crippen LogP contribution is -2.14. The molecule has 2 aromatic rings. The standard InChI is InChI=1S/C14H16N4O3/c1-9(19)21-12-5-3-4-10(6-12)14(20)16-13-7-11(8-15)17-18(13)2/h3-7H,8,15H2,1-2H3,(H,16,20). The molecule has 0 aliphatic carbocycles. The van der Waals surface area contributed by atoms with Gasteiger partial charge in [-0.2, -0.15) is 5.10 Å². The van der Waals surface area contributed by atoms with Gasteiger partial charge in [0.25, 0.3) is 5.91 Å². The number of hydrogen-bond donors (Lipinski definition) is 2. The van der Waals surface area contributed by atoms with Crippen LogP contribution in [0.25, 0.3) is 0 Å². The minimum atomic E-state index is -0.438. The van der Waals surface area contributed by atoms with Crippen molar-refractivity contribution in [3.63, 3.8) is 0 Å². The van der Waals surface area contributed by atoms with Crippen LogP contribution in [0.2, 0.25) is 0 Å². The summed E-state index contributed by atoms with van der Waals surface area (Å²) in [7, 11) is 1.71. The van der Waals surface area contributed by atoms with Gasteiger partial charge in [-0.25, -0.2) is 0 Å². The van der Waals surface area contributed by atoms with E-state index in [1.54, 1.807) is 31.3 Å². The van der Waals surface area contributed by atoms with Gasteiger partial charge in [-0.05, 0) is 18.2 Å². The van der Waals surface area contributed by atoms with Gasteiger partial charge in [0.1, 0.15) is 11.6 Å². The van der Waals surface area contributed by atoms with Gasteiger partial charge >= 0.3 is 5.97 Å². The summed E-state index contributed by atoms with van der Waals surface area (Å²) in [4.78, 5) is 23.1. The first-order valence-corrected chi connectivity index (χ1v) is 6.32. The van der Waals surface area contributed by atoms with E-state index in [0.29, 0.717) is 29.4 Å². The molecule has 2 rings (SSSR count). The van der Waals surface area contributed by atoms with Crippen molar-refractivity contribution in [1.82, 2.24) is 9.78 Å². The van der Waals surface area contributed by atoms with Crippen molar-refractivity contribution >= 4 is 17.7 Å². The quantitative estimate of drug-likeness (QED) is 0.647. The second-order valence-electron chi connectivity index (χ2n) is 4.42. The molecule has 0 unspecified atom stereocenters. The van der Waals surface area contributed by atoms with Crippen LogP contribution in [0.3, 0.4) is 0 Å². The number of hydrogen-bond acceptors (Lipinski definition) is 5. The number of aryl methyl sites for hydroxylation is 1. The van der Waals surface area contributed by atoms with Crippen molar-refractivity contribution in [3.05, 3.63) is 41.6 Å². The summed E-state index contributed by atoms with van der Waals surface area (Å²) >= 11 is 0. The fourth-order valence-electron chi connectivity index (χ4n) is 1.80. The van der Waals surface area contributed by atoms with Gasteiger partial charge in [0.2, 0.25) is 0 Å². The monoisotopic (exact) mass is 288 g/mol. The minimum absolute atomic E-state index is 0.297. The molecular weight excluding hydrogens is 272 g/mol. The number of rotatable bonds is 4. The Morgan fingerprint density at radius 1 is 1.38 bits per heavy atom. The summed E-state index contributed by atoms with van der Waals surface area (Å²) in [5.74, 6) is 0.100. The number of carbonyl (C=O) groups excluding carboxylic acids is 2. The summed E-state index contributed by atoms with van der Waals surface area (Å²) in [5, 5.41) is 6.87. The van der Waals surface area contributed by atoms with Gasteiger partial charge in [-0.15, -0.1) is 0 Å². The summed E-state index contributed by atoms with van der Waals surface area (Å²) < 4.78 is 6.49. The summed E-state index contributed by atoms with van der Waals surface area (Å²) in [6, 6.07) is 8.07. The maximum absolute atomic E-state index is 12.2. The highest BCUT2D eigenvalue weighted by atomic mass is 16.5. The predicted octanol–water partition coefficient (Wildman–Crippen LogP) is 1.06. The maximum Gasteiger partial charge on any atom is 0.308 e. The van der Waals surface area contributed by atoms with Gasteiger partial charge < -0.3 is 15.8 Å². The van der Waals surface area contributed by atoms with E-state index in [2.05, 4.69) is 10.4 Å². The Morgan fingerprint density at radius 3 is 2.76 bits per heavy atom. The summed E-state index contributed by atoms with van der Waals surface area (Å²) in [6.45, 7) is 1.60. The number of benzene rings is 1. The molecule has 1 amide bonds. The average molecular weight is 288 g/mol. The molecule has 0 saturated heterocycles. The van der Waals surface area contributed by atoms with Crippen LogP contribution in [-0.4, -0.2) is 21.7 Å². The molecule has 0 saturated carbocycles. The van der Waals surface area contributed by atoms with E-state index in [4.69, 9.17) is 10.5 Å². The molecular formula is C14H16N4O3. The molecule has 110 valence electrons. The van der Waals surface area contributed by atoms with Crippen LogP contribution in [0.1, 0.15) is 23.0 Å². The lowest BCUT2D eigenvalue weighted by Gasteiger charge is -2.06. The van der Waals surface area contributed by atoms with Crippen LogP contribution in [0.4, 0.5) is 5.82 Å². The van der Waals surface area contributed by atoms with Crippen molar-refractivity contribution < 1.29 is 14.3 Å². The molecule has 0 atom stereocenters. The number of esters is 1. The third kappa shape index (κ3) is 3.67. The van der Waals surface area contributed by atoms with Crippen LogP contribution in [0.5, 0.6) is 5.75 Å². The number of carbonyl (C=O) groups is 2. The lowest BCUT2D eigenvalue weighted by molar-refractivity contribution is -0.131. The second-order valence-corrected chi connectivity index (χ2v) is 4.42. The molecule has 0 radical (unpaired) electrons. The first-order valence-electron chi connectivity index (χ1n) is 6.32. The zero-order valence-electron chi connectivity index (χ0n) is 11.8. The van der Waals surface area contributed by atoms with Crippen molar-refractivity contribution in [1.29, 1.82) is 0 Å². The first kappa shape index (κ1) is 14.7. The van der Waals surface area contributed by atoms with E-state index in [-0.39, 0.29) is 5.91 Å². The van der Waals surface area contributed by atoms with Gasteiger partial charge in [-0.3, -0.25) is 14.3 Å². The molecule has 7 heteroatoms. The Labute approximate surface area is 121 Å². The molecule has 0 bridgehead atoms. The highest BCUT2D eigenvalue weighted by Gasteiger charge is 2.11. The van der Waals surface area contributed by atoms with Crippen LogP contribution < -0.4 is 15.8 Å². The van der Waals surface area contributed by atoms with E-state index in [9.17, 15) is 9.59 Å². The smallest absolute Gasteiger partial charge is 0.308 e. The number of nitrogens with two attached hydrogens (primary N) is 1. The largest absolute Gasteiger partial charge is 0.427 e. The molecule has 1 aromatic heterocycles. The molecule has 0 spiro atoms. The molecule has 7 nitrogen and oxygen atoms in total. The SMILES string of the molecule is CC(=O)Oc1cccc(C(=O)Nc2cc(CN)nn2C)c1. The second kappa shape index (κ2) is 6.19. The van der Waals surface area contributed by atoms with Crippen molar-refractivity contribution in [3.8, 4) is 5.75 Å². The van der Waals surface area contributed by atoms with Crippen LogP contribution >= 0.6 is 0 Å². The maximum atomic E-state index is 12.2. The third-order valence-corrected chi connectivity index (χ3v) is 2.74. The highest BCUT2D eigenvalue weighted by molar-refractivity contribution is 6.04. The molecule has 1 heterocycles. The number of anilines is 1. The van der Waals surface area contributed by atoms with E-state index in [1.807, 2.05) is 0 Å². The minimum Gasteiger partial charge on any atom is -0.427 e. The normalized spacial score (nSPS) is 10.2. The van der Waals surface area contributed by atoms with Gasteiger partial charge in [-0.1, -0.05) is 6.07 Å². The highest BCUT2D eigenvalue weighted by Crippen LogP contribution is 2.16. The predicted molar refractivity (Wildman–Crippen MR) is 76.8 cm³/mol. The third-order valence-electron chi connectivity index (χ3n) is 2.74. The number of amides is 1. The number of aromatic nitrogens is 2. The summed E-state index contributed by atoms with van der Waals surface area (Å²) in [6.07, 6.45) is 0. The van der Waals surface area contributed by atoms with E-state index < -0.39 is 5.97 Å². The van der Waals surface area contributed by atoms with Crippen molar-refractivity contribution in [2.75, 3.05) is 5.32 Å². The fourth-order valence-corrected chi connectivity index (χ4v) is 1.80. The molecule has 21 heavy (non-hydrogen) atoms. The zero-order valence-corrected chi connectivity index (χ0v) is 11.8. The first-order chi connectivity index (χ1) is 9.99. The number of nitrogens with zero attached hydrogens (tertiary/aromatic N) is 2. The Bertz CT molecular complexity index is 679. The Morgan fingerprint density at radius 2 is 2.14 bits per heavy atom. The molecule has 0 aliphatic rings. The topological polar surface area (TPSA) is 99.2 Å². The number of ether oxygens (including phenoxy) is 1. The van der Waals surface area contributed by atoms with Crippen LogP contribution in [0.15, 0.2) is 30.3 Å². The van der Waals surface area contributed by atoms with E-state index >= 15 is 0 Å². The molecule has 0 aliphatic heterocycles. The van der Waals surface area contributed by atoms with Crippen molar-refractivity contribution in [2.24, 2.45) is 12.8 Å². The van der Waals surface area contributed by atoms with Gasteiger partial charge in [0.15, 0.2) is 0 Å². The Kier molecular flexibility index (Phi) is 4.34. The molecule has 1 aromatic carbocycles. The Hall–Kier alpha value is -2.67. The number of nitrogens with one attached hydrogen (secondary N) is 1.